The molecule has 0 aromatic carbocycles. The molecule has 1 aliphatic rings. The fourth-order valence-electron chi connectivity index (χ4n) is 2.96. The monoisotopic (exact) mass is 371 g/mol. The van der Waals surface area contributed by atoms with Gasteiger partial charge < -0.3 is 4.90 Å². The third-order valence-corrected chi connectivity index (χ3v) is 6.31. The lowest BCUT2D eigenvalue weighted by Gasteiger charge is -2.20. The fourth-order valence-corrected chi connectivity index (χ4v) is 5.18. The lowest BCUT2D eigenvalue weighted by atomic mass is 10.2. The predicted octanol–water partition coefficient (Wildman–Crippen LogP) is 2.93. The number of nitrogens with zero attached hydrogens (tertiary/aromatic N) is 5. The van der Waals surface area contributed by atoms with Crippen molar-refractivity contribution in [3.8, 4) is 12.1 Å². The van der Waals surface area contributed by atoms with Gasteiger partial charge in [-0.15, -0.1) is 11.3 Å². The van der Waals surface area contributed by atoms with E-state index in [4.69, 9.17) is 10.5 Å². The predicted molar refractivity (Wildman–Crippen MR) is 97.2 cm³/mol. The molecular formula is C17H17N5OS2. The van der Waals surface area contributed by atoms with E-state index < -0.39 is 0 Å². The normalized spacial score (nSPS) is 12.6. The van der Waals surface area contributed by atoms with E-state index in [-0.39, 0.29) is 24.5 Å². The molecule has 3 rings (SSSR count). The Bertz CT molecular complexity index is 846. The molecule has 0 atom stereocenters. The molecule has 6 nitrogen and oxygen atoms in total. The minimum absolute atomic E-state index is 0.0610. The first-order valence-electron chi connectivity index (χ1n) is 8.14. The molecule has 0 spiro atoms. The number of thiophene rings is 1. The van der Waals surface area contributed by atoms with Crippen LogP contribution in [0.1, 0.15) is 29.7 Å². The Labute approximate surface area is 154 Å². The van der Waals surface area contributed by atoms with Crippen LogP contribution in [0, 0.1) is 22.7 Å². The first-order valence-corrected chi connectivity index (χ1v) is 9.94. The molecular weight excluding hydrogens is 354 g/mol. The van der Waals surface area contributed by atoms with Crippen molar-refractivity contribution in [3.63, 3.8) is 0 Å². The molecule has 25 heavy (non-hydrogen) atoms. The van der Waals surface area contributed by atoms with Crippen molar-refractivity contribution in [2.24, 2.45) is 0 Å². The van der Waals surface area contributed by atoms with Gasteiger partial charge in [-0.2, -0.15) is 10.5 Å². The summed E-state index contributed by atoms with van der Waals surface area (Å²) in [5.41, 5.74) is 1.35. The highest BCUT2D eigenvalue weighted by molar-refractivity contribution is 8.00. The van der Waals surface area contributed by atoms with Gasteiger partial charge in [-0.1, -0.05) is 11.8 Å². The molecule has 128 valence electrons. The van der Waals surface area contributed by atoms with Crippen LogP contribution < -0.4 is 0 Å². The van der Waals surface area contributed by atoms with Gasteiger partial charge in [0.25, 0.3) is 0 Å². The number of aryl methyl sites for hydroxylation is 2. The van der Waals surface area contributed by atoms with Gasteiger partial charge in [0.1, 0.15) is 16.2 Å². The van der Waals surface area contributed by atoms with E-state index >= 15 is 0 Å². The summed E-state index contributed by atoms with van der Waals surface area (Å²) in [5, 5.41) is 19.5. The lowest BCUT2D eigenvalue weighted by molar-refractivity contribution is -0.128. The molecule has 8 heteroatoms. The van der Waals surface area contributed by atoms with Crippen LogP contribution >= 0.6 is 23.1 Å². The second-order valence-corrected chi connectivity index (χ2v) is 7.75. The number of rotatable bonds is 7. The number of hydrogen-bond acceptors (Lipinski definition) is 7. The van der Waals surface area contributed by atoms with E-state index in [1.807, 2.05) is 12.1 Å². The topological polar surface area (TPSA) is 93.7 Å². The van der Waals surface area contributed by atoms with Crippen LogP contribution in [0.5, 0.6) is 0 Å². The average molecular weight is 371 g/mol. The molecule has 0 saturated carbocycles. The van der Waals surface area contributed by atoms with Crippen molar-refractivity contribution < 1.29 is 4.79 Å². The molecule has 0 aliphatic heterocycles. The van der Waals surface area contributed by atoms with Gasteiger partial charge in [0.15, 0.2) is 0 Å². The summed E-state index contributed by atoms with van der Waals surface area (Å²) in [5.74, 6) is 0.197. The summed E-state index contributed by atoms with van der Waals surface area (Å²) in [6, 6.07) is 4.10. The lowest BCUT2D eigenvalue weighted by Crippen LogP contribution is -2.34. The number of thioether (sulfide) groups is 1. The maximum Gasteiger partial charge on any atom is 0.233 e. The molecule has 1 amide bonds. The van der Waals surface area contributed by atoms with E-state index in [0.29, 0.717) is 13.1 Å². The van der Waals surface area contributed by atoms with Gasteiger partial charge >= 0.3 is 0 Å². The standard InChI is InChI=1S/C17H17N5OS2/c18-6-2-8-22(9-3-7-19)14(23)10-24-16-15-12-4-1-5-13(12)25-17(15)21-11-20-16/h11H,1-5,8-10H2. The molecule has 2 heterocycles. The molecule has 0 N–H and O–H groups in total. The van der Waals surface area contributed by atoms with E-state index in [9.17, 15) is 4.79 Å². The number of nitriles is 2. The summed E-state index contributed by atoms with van der Waals surface area (Å²) in [7, 11) is 0. The van der Waals surface area contributed by atoms with Crippen molar-refractivity contribution in [2.75, 3.05) is 18.8 Å². The van der Waals surface area contributed by atoms with E-state index in [2.05, 4.69) is 9.97 Å². The maximum absolute atomic E-state index is 12.5. The number of amides is 1. The van der Waals surface area contributed by atoms with Crippen LogP contribution in [0.15, 0.2) is 11.4 Å². The molecule has 0 unspecified atom stereocenters. The first kappa shape index (κ1) is 17.7. The van der Waals surface area contributed by atoms with Gasteiger partial charge in [0.2, 0.25) is 5.91 Å². The zero-order chi connectivity index (χ0) is 17.6. The highest BCUT2D eigenvalue weighted by Crippen LogP contribution is 2.39. The van der Waals surface area contributed by atoms with E-state index in [0.717, 1.165) is 28.1 Å². The minimum Gasteiger partial charge on any atom is -0.340 e. The molecule has 0 radical (unpaired) electrons. The minimum atomic E-state index is -0.0610. The Morgan fingerprint density at radius 2 is 2.00 bits per heavy atom. The van der Waals surface area contributed by atoms with Crippen molar-refractivity contribution in [1.29, 1.82) is 10.5 Å². The zero-order valence-corrected chi connectivity index (χ0v) is 15.3. The Morgan fingerprint density at radius 3 is 2.72 bits per heavy atom. The largest absolute Gasteiger partial charge is 0.340 e. The Balaban J connectivity index is 1.72. The number of carbonyl (C=O) groups is 1. The Hall–Kier alpha value is -2.16. The molecule has 0 bridgehead atoms. The van der Waals surface area contributed by atoms with Crippen molar-refractivity contribution in [2.45, 2.75) is 37.1 Å². The smallest absolute Gasteiger partial charge is 0.233 e. The highest BCUT2D eigenvalue weighted by Gasteiger charge is 2.22. The van der Waals surface area contributed by atoms with Crippen molar-refractivity contribution in [3.05, 3.63) is 16.8 Å². The third kappa shape index (κ3) is 3.92. The SMILES string of the molecule is N#CCCN(CCC#N)C(=O)CSc1ncnc2sc3c(c12)CCC3. The Morgan fingerprint density at radius 1 is 1.24 bits per heavy atom. The average Bonchev–Trinajstić information content (AvgIpc) is 3.20. The molecule has 0 fully saturated rings. The number of carbonyl (C=O) groups excluding carboxylic acids is 1. The van der Waals surface area contributed by atoms with Crippen LogP contribution in [0.2, 0.25) is 0 Å². The van der Waals surface area contributed by atoms with Crippen molar-refractivity contribution in [1.82, 2.24) is 14.9 Å². The summed E-state index contributed by atoms with van der Waals surface area (Å²) >= 11 is 3.15. The molecule has 2 aromatic heterocycles. The second kappa shape index (κ2) is 8.28. The molecule has 0 saturated heterocycles. The molecule has 1 aliphatic carbocycles. The highest BCUT2D eigenvalue weighted by atomic mass is 32.2. The van der Waals surface area contributed by atoms with Crippen LogP contribution in [0.25, 0.3) is 10.2 Å². The second-order valence-electron chi connectivity index (χ2n) is 5.70. The van der Waals surface area contributed by atoms with Gasteiger partial charge in [0, 0.05) is 23.4 Å². The fraction of sp³-hybridized carbons (Fsp3) is 0.471. The zero-order valence-electron chi connectivity index (χ0n) is 13.7. The number of aromatic nitrogens is 2. The third-order valence-electron chi connectivity index (χ3n) is 4.14. The van der Waals surface area contributed by atoms with Gasteiger partial charge in [0.05, 0.1) is 30.7 Å². The summed E-state index contributed by atoms with van der Waals surface area (Å²) in [6.45, 7) is 0.731. The van der Waals surface area contributed by atoms with Crippen LogP contribution in [-0.4, -0.2) is 39.6 Å². The summed E-state index contributed by atoms with van der Waals surface area (Å²) in [4.78, 5) is 25.2. The number of hydrogen-bond donors (Lipinski definition) is 0. The number of fused-ring (bicyclic) bond motifs is 3. The maximum atomic E-state index is 12.5. The molecule has 2 aromatic rings. The van der Waals surface area contributed by atoms with Crippen molar-refractivity contribution >= 4 is 39.2 Å². The van der Waals surface area contributed by atoms with Gasteiger partial charge in [-0.3, -0.25) is 4.79 Å². The van der Waals surface area contributed by atoms with Crippen LogP contribution in [0.4, 0.5) is 0 Å². The Kier molecular flexibility index (Phi) is 5.85. The van der Waals surface area contributed by atoms with Gasteiger partial charge in [-0.05, 0) is 24.8 Å². The first-order chi connectivity index (χ1) is 12.2. The van der Waals surface area contributed by atoms with E-state index in [1.165, 1.54) is 28.6 Å². The van der Waals surface area contributed by atoms with Crippen LogP contribution in [-0.2, 0) is 17.6 Å². The summed E-state index contributed by atoms with van der Waals surface area (Å²) in [6.07, 6.45) is 5.44. The van der Waals surface area contributed by atoms with Gasteiger partial charge in [-0.25, -0.2) is 9.97 Å². The quantitative estimate of drug-likeness (QED) is 0.549. The van der Waals surface area contributed by atoms with E-state index in [1.54, 1.807) is 22.6 Å². The summed E-state index contributed by atoms with van der Waals surface area (Å²) < 4.78 is 0. The van der Waals surface area contributed by atoms with Crippen LogP contribution in [0.3, 0.4) is 0 Å².